The monoisotopic (exact) mass is 805 g/mol. The molecule has 0 aromatic heterocycles. The van der Waals surface area contributed by atoms with Gasteiger partial charge in [-0.15, -0.1) is 0 Å². The van der Waals surface area contributed by atoms with Gasteiger partial charge in [0.2, 0.25) is 17.7 Å². The Hall–Kier alpha value is -3.20. The third kappa shape index (κ3) is 14.6. The molecule has 0 bridgehead atoms. The van der Waals surface area contributed by atoms with Crippen molar-refractivity contribution in [1.29, 1.82) is 0 Å². The topological polar surface area (TPSA) is 158 Å². The molecule has 2 rings (SSSR count). The Morgan fingerprint density at radius 3 is 2.25 bits per heavy atom. The van der Waals surface area contributed by atoms with Gasteiger partial charge in [0.15, 0.2) is 5.78 Å². The van der Waals surface area contributed by atoms with Crippen LogP contribution in [-0.2, 0) is 30.3 Å². The van der Waals surface area contributed by atoms with E-state index < -0.39 is 18.2 Å². The highest BCUT2D eigenvalue weighted by atomic mass is 32.2. The molecule has 56 heavy (non-hydrogen) atoms. The molecule has 318 valence electrons. The Kier molecular flexibility index (Phi) is 21.5. The summed E-state index contributed by atoms with van der Waals surface area (Å²) in [5.41, 5.74) is 0.933. The van der Waals surface area contributed by atoms with Crippen LogP contribution < -0.4 is 26.0 Å². The zero-order chi connectivity index (χ0) is 42.1. The van der Waals surface area contributed by atoms with E-state index in [-0.39, 0.29) is 83.5 Å². The smallest absolute Gasteiger partial charge is 0.410 e. The highest BCUT2D eigenvalue weighted by molar-refractivity contribution is 7.99. The second-order valence-electron chi connectivity index (χ2n) is 16.0. The lowest BCUT2D eigenvalue weighted by Crippen LogP contribution is -2.56. The highest BCUT2D eigenvalue weighted by Crippen LogP contribution is 2.33. The van der Waals surface area contributed by atoms with Gasteiger partial charge in [-0.3, -0.25) is 24.1 Å². The van der Waals surface area contributed by atoms with Crippen LogP contribution in [0.1, 0.15) is 86.6 Å². The first-order chi connectivity index (χ1) is 26.5. The lowest BCUT2D eigenvalue weighted by atomic mass is 9.91. The number of Topliss-reactive ketones (excluding diaryl/α,β-unsaturated/α-hetero) is 1. The van der Waals surface area contributed by atoms with E-state index in [1.165, 1.54) is 0 Å². The molecule has 1 aliphatic rings. The zero-order valence-electron chi connectivity index (χ0n) is 36.1. The summed E-state index contributed by atoms with van der Waals surface area (Å²) >= 11 is 1.61. The summed E-state index contributed by atoms with van der Waals surface area (Å²) < 4.78 is 11.3. The van der Waals surface area contributed by atoms with E-state index >= 15 is 0 Å². The maximum absolute atomic E-state index is 14.1. The fraction of sp³-hybridized carbons (Fsp3) is 0.738. The number of rotatable bonds is 24. The molecule has 1 aromatic carbocycles. The standard InChI is InChI=1S/C42H72N6O7S/c1-13-28(7)37(45-25-33(49)36(26(3)4)46-41(52)38(27(5)6)47(9)10)34(54-11)24-35(50)48-22-16-19-32(48)39(56-12)29(8)40(51)44-21-20-30-17-15-18-31(23-30)55-42(53)43-14-2/h15,17-18,23,26-29,32,34,36-39,45H,13-14,16,19-22,24-25H2,1-12H3,(H,43,53)(H,44,51)(H,46,52). The van der Waals surface area contributed by atoms with E-state index in [4.69, 9.17) is 9.47 Å². The number of nitrogens with zero attached hydrogens (tertiary/aromatic N) is 2. The minimum absolute atomic E-state index is 0.0297. The van der Waals surface area contributed by atoms with Crippen LogP contribution in [0.5, 0.6) is 5.75 Å². The van der Waals surface area contributed by atoms with Crippen molar-refractivity contribution in [3.63, 3.8) is 0 Å². The SMILES string of the molecule is CCNC(=O)Oc1cccc(CCNC(=O)C(C)C(SC)C2CCCN2C(=O)CC(OC)C(NCC(=O)C(NC(=O)C(C(C)C)N(C)C)C(C)C)C(C)CC)c1. The number of thioether (sulfide) groups is 1. The van der Waals surface area contributed by atoms with Crippen LogP contribution >= 0.6 is 11.8 Å². The van der Waals surface area contributed by atoms with E-state index in [1.807, 2.05) is 83.8 Å². The summed E-state index contributed by atoms with van der Waals surface area (Å²) in [6.07, 6.45) is 4.16. The summed E-state index contributed by atoms with van der Waals surface area (Å²) in [7, 11) is 5.33. The number of ketones is 1. The van der Waals surface area contributed by atoms with Crippen LogP contribution in [0, 0.1) is 23.7 Å². The van der Waals surface area contributed by atoms with Crippen molar-refractivity contribution in [2.75, 3.05) is 53.6 Å². The van der Waals surface area contributed by atoms with Crippen LogP contribution in [0.25, 0.3) is 0 Å². The van der Waals surface area contributed by atoms with E-state index in [0.29, 0.717) is 31.8 Å². The predicted molar refractivity (Wildman–Crippen MR) is 225 cm³/mol. The number of methoxy groups -OCH3 is 1. The fourth-order valence-electron chi connectivity index (χ4n) is 7.75. The molecule has 1 heterocycles. The van der Waals surface area contributed by atoms with Gasteiger partial charge >= 0.3 is 6.09 Å². The summed E-state index contributed by atoms with van der Waals surface area (Å²) in [4.78, 5) is 70.1. The normalized spacial score (nSPS) is 18.2. The van der Waals surface area contributed by atoms with Crippen molar-refractivity contribution >= 4 is 41.4 Å². The number of hydrogen-bond donors (Lipinski definition) is 4. The van der Waals surface area contributed by atoms with Crippen LogP contribution in [0.4, 0.5) is 4.79 Å². The van der Waals surface area contributed by atoms with Gasteiger partial charge in [-0.1, -0.05) is 67.0 Å². The molecule has 0 aliphatic carbocycles. The number of likely N-dealkylation sites (N-methyl/N-ethyl adjacent to an activating group) is 1. The van der Waals surface area contributed by atoms with Gasteiger partial charge < -0.3 is 35.6 Å². The van der Waals surface area contributed by atoms with Gasteiger partial charge in [-0.2, -0.15) is 11.8 Å². The van der Waals surface area contributed by atoms with Crippen LogP contribution in [0.3, 0.4) is 0 Å². The molecule has 4 amide bonds. The van der Waals surface area contributed by atoms with Crippen molar-refractivity contribution in [2.24, 2.45) is 23.7 Å². The number of amides is 4. The van der Waals surface area contributed by atoms with Crippen LogP contribution in [0.15, 0.2) is 24.3 Å². The maximum Gasteiger partial charge on any atom is 0.412 e. The van der Waals surface area contributed by atoms with Gasteiger partial charge in [-0.05, 0) is 82.0 Å². The lowest BCUT2D eigenvalue weighted by molar-refractivity contribution is -0.136. The first kappa shape index (κ1) is 48.9. The minimum atomic E-state index is -0.657. The number of likely N-dealkylation sites (tertiary alicyclic amines) is 1. The fourth-order valence-corrected chi connectivity index (χ4v) is 8.88. The van der Waals surface area contributed by atoms with Crippen LogP contribution in [-0.4, -0.2) is 129 Å². The van der Waals surface area contributed by atoms with Gasteiger partial charge in [0.05, 0.1) is 31.2 Å². The predicted octanol–water partition coefficient (Wildman–Crippen LogP) is 4.52. The molecule has 4 N–H and O–H groups in total. The molecule has 0 saturated carbocycles. The second-order valence-corrected chi connectivity index (χ2v) is 17.0. The van der Waals surface area contributed by atoms with Crippen LogP contribution in [0.2, 0.25) is 0 Å². The van der Waals surface area contributed by atoms with Gasteiger partial charge in [0, 0.05) is 50.0 Å². The van der Waals surface area contributed by atoms with Crippen molar-refractivity contribution < 1.29 is 33.4 Å². The van der Waals surface area contributed by atoms with Gasteiger partial charge in [-0.25, -0.2) is 4.79 Å². The zero-order valence-corrected chi connectivity index (χ0v) is 36.9. The number of carbonyl (C=O) groups is 5. The average molecular weight is 805 g/mol. The Morgan fingerprint density at radius 1 is 0.982 bits per heavy atom. The third-order valence-electron chi connectivity index (χ3n) is 10.9. The number of nitrogens with one attached hydrogen (secondary N) is 4. The first-order valence-corrected chi connectivity index (χ1v) is 21.7. The van der Waals surface area contributed by atoms with E-state index in [0.717, 1.165) is 24.8 Å². The molecule has 1 aromatic rings. The van der Waals surface area contributed by atoms with E-state index in [1.54, 1.807) is 31.0 Å². The molecule has 8 atom stereocenters. The molecule has 13 nitrogen and oxygen atoms in total. The average Bonchev–Trinajstić information content (AvgIpc) is 3.62. The lowest BCUT2D eigenvalue weighted by Gasteiger charge is -2.36. The maximum atomic E-state index is 14.1. The summed E-state index contributed by atoms with van der Waals surface area (Å²) in [5.74, 6) is -0.226. The molecule has 8 unspecified atom stereocenters. The Labute approximate surface area is 340 Å². The Morgan fingerprint density at radius 2 is 1.68 bits per heavy atom. The van der Waals surface area contributed by atoms with Crippen molar-refractivity contribution in [3.05, 3.63) is 29.8 Å². The van der Waals surface area contributed by atoms with Crippen molar-refractivity contribution in [2.45, 2.75) is 123 Å². The second kappa shape index (κ2) is 24.5. The molecule has 1 saturated heterocycles. The summed E-state index contributed by atoms with van der Waals surface area (Å²) in [6.45, 7) is 17.3. The van der Waals surface area contributed by atoms with E-state index in [9.17, 15) is 24.0 Å². The molecule has 1 aliphatic heterocycles. The molecular formula is C42H72N6O7S. The molecule has 14 heteroatoms. The highest BCUT2D eigenvalue weighted by Gasteiger charge is 2.41. The largest absolute Gasteiger partial charge is 0.412 e. The summed E-state index contributed by atoms with van der Waals surface area (Å²) in [6, 6.07) is 5.85. The molecule has 0 radical (unpaired) electrons. The molecule has 1 fully saturated rings. The molecule has 0 spiro atoms. The third-order valence-corrected chi connectivity index (χ3v) is 12.2. The Bertz CT molecular complexity index is 1400. The van der Waals surface area contributed by atoms with E-state index in [2.05, 4.69) is 35.1 Å². The number of carbonyl (C=O) groups excluding carboxylic acids is 5. The molecular weight excluding hydrogens is 733 g/mol. The first-order valence-electron chi connectivity index (χ1n) is 20.4. The number of ether oxygens (including phenoxy) is 2. The Balaban J connectivity index is 2.08. The minimum Gasteiger partial charge on any atom is -0.410 e. The quantitative estimate of drug-likeness (QED) is 0.117. The van der Waals surface area contributed by atoms with Crippen molar-refractivity contribution in [3.8, 4) is 5.75 Å². The summed E-state index contributed by atoms with van der Waals surface area (Å²) in [5, 5.41) is 12.0. The number of hydrogen-bond acceptors (Lipinski definition) is 10. The van der Waals surface area contributed by atoms with Gasteiger partial charge in [0.1, 0.15) is 5.75 Å². The van der Waals surface area contributed by atoms with Crippen molar-refractivity contribution in [1.82, 2.24) is 31.1 Å². The number of benzene rings is 1. The van der Waals surface area contributed by atoms with Gasteiger partial charge in [0.25, 0.3) is 0 Å².